The summed E-state index contributed by atoms with van der Waals surface area (Å²) in [4.78, 5) is 8.31. The predicted octanol–water partition coefficient (Wildman–Crippen LogP) is 3.01. The molecular formula is C17H26IN5. The fraction of sp³-hybridized carbons (Fsp3) is 0.412. The van der Waals surface area contributed by atoms with Gasteiger partial charge in [-0.3, -0.25) is 4.99 Å². The number of hydrogen-bond donors (Lipinski definition) is 2. The molecule has 0 spiro atoms. The number of imidazole rings is 1. The Morgan fingerprint density at radius 3 is 2.78 bits per heavy atom. The van der Waals surface area contributed by atoms with Crippen LogP contribution in [-0.2, 0) is 13.1 Å². The van der Waals surface area contributed by atoms with E-state index >= 15 is 0 Å². The molecule has 0 aliphatic heterocycles. The van der Waals surface area contributed by atoms with Gasteiger partial charge < -0.3 is 15.2 Å². The third kappa shape index (κ3) is 7.02. The molecule has 2 aromatic rings. The molecule has 1 aromatic heterocycles. The number of rotatable bonds is 7. The number of benzene rings is 1. The summed E-state index contributed by atoms with van der Waals surface area (Å²) in [7, 11) is 1.80. The highest BCUT2D eigenvalue weighted by molar-refractivity contribution is 14.0. The van der Waals surface area contributed by atoms with Crippen LogP contribution in [0.1, 0.15) is 30.9 Å². The number of aromatic nitrogens is 2. The molecule has 6 heteroatoms. The summed E-state index contributed by atoms with van der Waals surface area (Å²) in [6.45, 7) is 4.75. The molecule has 126 valence electrons. The second-order valence-corrected chi connectivity index (χ2v) is 5.26. The topological polar surface area (TPSA) is 54.2 Å². The van der Waals surface area contributed by atoms with Crippen LogP contribution in [0.3, 0.4) is 0 Å². The van der Waals surface area contributed by atoms with Gasteiger partial charge in [-0.25, -0.2) is 4.98 Å². The number of nitrogens with zero attached hydrogens (tertiary/aromatic N) is 3. The number of guanidine groups is 1. The molecule has 0 saturated carbocycles. The van der Waals surface area contributed by atoms with E-state index in [9.17, 15) is 0 Å². The molecular weight excluding hydrogens is 401 g/mol. The number of hydrogen-bond acceptors (Lipinski definition) is 2. The van der Waals surface area contributed by atoms with Gasteiger partial charge in [-0.05, 0) is 17.5 Å². The van der Waals surface area contributed by atoms with E-state index in [1.54, 1.807) is 13.2 Å². The van der Waals surface area contributed by atoms with Gasteiger partial charge >= 0.3 is 0 Å². The minimum Gasteiger partial charge on any atom is -0.356 e. The summed E-state index contributed by atoms with van der Waals surface area (Å²) in [6.07, 6.45) is 7.95. The molecule has 0 atom stereocenters. The van der Waals surface area contributed by atoms with E-state index in [-0.39, 0.29) is 24.0 Å². The first kappa shape index (κ1) is 19.5. The maximum absolute atomic E-state index is 4.24. The Labute approximate surface area is 155 Å². The summed E-state index contributed by atoms with van der Waals surface area (Å²) in [5.41, 5.74) is 2.52. The van der Waals surface area contributed by atoms with Crippen molar-refractivity contribution in [2.45, 2.75) is 32.9 Å². The zero-order chi connectivity index (χ0) is 15.6. The molecule has 2 rings (SSSR count). The standard InChI is InChI=1S/C17H25N5.HI/c1-3-4-8-20-17(18-2)21-12-15-6-5-7-16(11-15)13-22-10-9-19-14-22;/h5-7,9-11,14H,3-4,8,12-13H2,1-2H3,(H2,18,20,21);1H. The van der Waals surface area contributed by atoms with Gasteiger partial charge in [0.25, 0.3) is 0 Å². The Bertz CT molecular complexity index is 580. The van der Waals surface area contributed by atoms with Crippen LogP contribution < -0.4 is 10.6 Å². The summed E-state index contributed by atoms with van der Waals surface area (Å²) < 4.78 is 2.07. The van der Waals surface area contributed by atoms with Gasteiger partial charge in [0.1, 0.15) is 0 Å². The minimum absolute atomic E-state index is 0. The van der Waals surface area contributed by atoms with E-state index in [1.165, 1.54) is 17.5 Å². The van der Waals surface area contributed by atoms with Gasteiger partial charge in [0, 0.05) is 39.1 Å². The molecule has 0 radical (unpaired) electrons. The molecule has 0 aliphatic rings. The largest absolute Gasteiger partial charge is 0.356 e. The minimum atomic E-state index is 0. The van der Waals surface area contributed by atoms with Crippen molar-refractivity contribution in [1.29, 1.82) is 0 Å². The van der Waals surface area contributed by atoms with Crippen LogP contribution in [0, 0.1) is 0 Å². The highest BCUT2D eigenvalue weighted by atomic mass is 127. The smallest absolute Gasteiger partial charge is 0.191 e. The van der Waals surface area contributed by atoms with E-state index in [0.717, 1.165) is 32.0 Å². The molecule has 0 aliphatic carbocycles. The average molecular weight is 427 g/mol. The normalized spacial score (nSPS) is 11.0. The lowest BCUT2D eigenvalue weighted by atomic mass is 10.1. The fourth-order valence-corrected chi connectivity index (χ4v) is 2.22. The lowest BCUT2D eigenvalue weighted by Gasteiger charge is -2.12. The van der Waals surface area contributed by atoms with E-state index in [1.807, 2.05) is 12.5 Å². The van der Waals surface area contributed by atoms with E-state index in [2.05, 4.69) is 56.4 Å². The van der Waals surface area contributed by atoms with E-state index in [0.29, 0.717) is 0 Å². The molecule has 5 nitrogen and oxygen atoms in total. The Kier molecular flexibility index (Phi) is 9.35. The number of aliphatic imine (C=N–C) groups is 1. The molecule has 23 heavy (non-hydrogen) atoms. The Hall–Kier alpha value is -1.57. The van der Waals surface area contributed by atoms with E-state index < -0.39 is 0 Å². The van der Waals surface area contributed by atoms with Crippen molar-refractivity contribution >= 4 is 29.9 Å². The highest BCUT2D eigenvalue weighted by Crippen LogP contribution is 2.07. The Balaban J connectivity index is 0.00000264. The van der Waals surface area contributed by atoms with Crippen molar-refractivity contribution < 1.29 is 0 Å². The van der Waals surface area contributed by atoms with E-state index in [4.69, 9.17) is 0 Å². The Morgan fingerprint density at radius 1 is 1.26 bits per heavy atom. The predicted molar refractivity (Wildman–Crippen MR) is 106 cm³/mol. The van der Waals surface area contributed by atoms with Crippen LogP contribution in [0.5, 0.6) is 0 Å². The third-order valence-corrected chi connectivity index (χ3v) is 3.42. The molecule has 0 bridgehead atoms. The second-order valence-electron chi connectivity index (χ2n) is 5.26. The molecule has 2 N–H and O–H groups in total. The summed E-state index contributed by atoms with van der Waals surface area (Å²) in [5, 5.41) is 6.67. The van der Waals surface area contributed by atoms with Crippen molar-refractivity contribution in [2.75, 3.05) is 13.6 Å². The zero-order valence-corrected chi connectivity index (χ0v) is 16.2. The van der Waals surface area contributed by atoms with Crippen LogP contribution >= 0.6 is 24.0 Å². The van der Waals surface area contributed by atoms with Crippen molar-refractivity contribution in [3.8, 4) is 0 Å². The van der Waals surface area contributed by atoms with Gasteiger partial charge in [0.05, 0.1) is 6.33 Å². The van der Waals surface area contributed by atoms with Crippen LogP contribution in [-0.4, -0.2) is 29.1 Å². The van der Waals surface area contributed by atoms with Gasteiger partial charge in [-0.1, -0.05) is 37.6 Å². The lowest BCUT2D eigenvalue weighted by molar-refractivity contribution is 0.728. The van der Waals surface area contributed by atoms with Gasteiger partial charge in [-0.15, -0.1) is 24.0 Å². The van der Waals surface area contributed by atoms with Gasteiger partial charge in [0.2, 0.25) is 0 Å². The number of unbranched alkanes of at least 4 members (excludes halogenated alkanes) is 1. The average Bonchev–Trinajstić information content (AvgIpc) is 3.04. The van der Waals surface area contributed by atoms with Crippen LogP contribution in [0.2, 0.25) is 0 Å². The maximum Gasteiger partial charge on any atom is 0.191 e. The van der Waals surface area contributed by atoms with Gasteiger partial charge in [0.15, 0.2) is 5.96 Å². The van der Waals surface area contributed by atoms with Crippen molar-refractivity contribution in [2.24, 2.45) is 4.99 Å². The first-order chi connectivity index (χ1) is 10.8. The molecule has 0 saturated heterocycles. The SMILES string of the molecule is CCCCNC(=NC)NCc1cccc(Cn2ccnc2)c1.I. The lowest BCUT2D eigenvalue weighted by Crippen LogP contribution is -2.37. The summed E-state index contributed by atoms with van der Waals surface area (Å²) in [6, 6.07) is 8.57. The first-order valence-electron chi connectivity index (χ1n) is 7.80. The highest BCUT2D eigenvalue weighted by Gasteiger charge is 2.00. The fourth-order valence-electron chi connectivity index (χ4n) is 2.22. The van der Waals surface area contributed by atoms with Crippen molar-refractivity contribution in [3.63, 3.8) is 0 Å². The van der Waals surface area contributed by atoms with Gasteiger partial charge in [-0.2, -0.15) is 0 Å². The molecule has 1 aromatic carbocycles. The van der Waals surface area contributed by atoms with Crippen LogP contribution in [0.15, 0.2) is 48.0 Å². The number of nitrogens with one attached hydrogen (secondary N) is 2. The Morgan fingerprint density at radius 2 is 2.09 bits per heavy atom. The monoisotopic (exact) mass is 427 g/mol. The first-order valence-corrected chi connectivity index (χ1v) is 7.80. The van der Waals surface area contributed by atoms with Crippen LogP contribution in [0.25, 0.3) is 0 Å². The quantitative estimate of drug-likeness (QED) is 0.309. The molecule has 0 amide bonds. The summed E-state index contributed by atoms with van der Waals surface area (Å²) >= 11 is 0. The van der Waals surface area contributed by atoms with Crippen LogP contribution in [0.4, 0.5) is 0 Å². The molecule has 0 unspecified atom stereocenters. The van der Waals surface area contributed by atoms with Crippen molar-refractivity contribution in [1.82, 2.24) is 20.2 Å². The number of halogens is 1. The molecule has 0 fully saturated rings. The van der Waals surface area contributed by atoms with Crippen molar-refractivity contribution in [3.05, 3.63) is 54.1 Å². The molecule has 1 heterocycles. The zero-order valence-electron chi connectivity index (χ0n) is 13.8. The third-order valence-electron chi connectivity index (χ3n) is 3.42. The second kappa shape index (κ2) is 11.0. The summed E-state index contributed by atoms with van der Waals surface area (Å²) in [5.74, 6) is 0.855. The maximum atomic E-state index is 4.24.